The van der Waals surface area contributed by atoms with Gasteiger partial charge in [-0.25, -0.2) is 0 Å². The highest BCUT2D eigenvalue weighted by atomic mass is 16.5. The van der Waals surface area contributed by atoms with Gasteiger partial charge in [-0.05, 0) is 53.9 Å². The van der Waals surface area contributed by atoms with Crippen LogP contribution in [0.1, 0.15) is 53.9 Å². The molecule has 1 N–H and O–H groups in total. The van der Waals surface area contributed by atoms with Gasteiger partial charge in [0.2, 0.25) is 0 Å². The molecule has 1 atom stereocenters. The molecule has 4 heteroatoms. The summed E-state index contributed by atoms with van der Waals surface area (Å²) in [6.45, 7) is 10.8. The van der Waals surface area contributed by atoms with E-state index in [-0.39, 0.29) is 18.1 Å². The molecule has 0 amide bonds. The summed E-state index contributed by atoms with van der Waals surface area (Å²) in [6, 6.07) is 0.251. The predicted molar refractivity (Wildman–Crippen MR) is 73.6 cm³/mol. The molecule has 0 aliphatic rings. The van der Waals surface area contributed by atoms with E-state index in [2.05, 4.69) is 5.32 Å². The lowest BCUT2D eigenvalue weighted by Crippen LogP contribution is -2.52. The molecule has 0 spiro atoms. The van der Waals surface area contributed by atoms with Crippen LogP contribution >= 0.6 is 0 Å². The van der Waals surface area contributed by atoms with Crippen LogP contribution < -0.4 is 5.32 Å². The third kappa shape index (κ3) is 6.97. The van der Waals surface area contributed by atoms with Crippen molar-refractivity contribution in [2.45, 2.75) is 71.6 Å². The van der Waals surface area contributed by atoms with Gasteiger partial charge in [0.25, 0.3) is 0 Å². The summed E-state index contributed by atoms with van der Waals surface area (Å²) in [6.07, 6.45) is 2.94. The van der Waals surface area contributed by atoms with Crippen LogP contribution in [-0.2, 0) is 14.3 Å². The third-order valence-corrected chi connectivity index (χ3v) is 2.77. The molecule has 0 heterocycles. The van der Waals surface area contributed by atoms with Crippen LogP contribution in [-0.4, -0.2) is 37.4 Å². The van der Waals surface area contributed by atoms with Crippen molar-refractivity contribution in [3.05, 3.63) is 0 Å². The van der Waals surface area contributed by atoms with Crippen LogP contribution in [0.2, 0.25) is 0 Å². The van der Waals surface area contributed by atoms with E-state index in [0.717, 1.165) is 25.9 Å². The molecule has 0 bridgehead atoms. The summed E-state index contributed by atoms with van der Waals surface area (Å²) < 4.78 is 10.4. The Hall–Kier alpha value is -0.610. The summed E-state index contributed by atoms with van der Waals surface area (Å²) in [4.78, 5) is 11.8. The Labute approximate surface area is 111 Å². The van der Waals surface area contributed by atoms with Crippen LogP contribution in [0.25, 0.3) is 0 Å². The molecule has 0 aliphatic heterocycles. The molecule has 0 aliphatic carbocycles. The normalized spacial score (nSPS) is 14.9. The lowest BCUT2D eigenvalue weighted by Gasteiger charge is -2.30. The first kappa shape index (κ1) is 17.4. The fourth-order valence-electron chi connectivity index (χ4n) is 2.00. The number of hydrogen-bond acceptors (Lipinski definition) is 4. The Morgan fingerprint density at radius 2 is 1.83 bits per heavy atom. The standard InChI is InChI=1S/C14H29NO3/c1-11(2)15-14(5,13(16)17-6)9-7-8-10-18-12(3)4/h11-12,15H,7-10H2,1-6H3. The smallest absolute Gasteiger partial charge is 0.325 e. The molecule has 0 rings (SSSR count). The van der Waals surface area contributed by atoms with E-state index in [1.165, 1.54) is 7.11 Å². The number of esters is 1. The van der Waals surface area contributed by atoms with Crippen molar-refractivity contribution >= 4 is 5.97 Å². The second-order valence-corrected chi connectivity index (χ2v) is 5.50. The number of hydrogen-bond donors (Lipinski definition) is 1. The molecule has 1 unspecified atom stereocenters. The van der Waals surface area contributed by atoms with Crippen molar-refractivity contribution in [1.29, 1.82) is 0 Å². The zero-order chi connectivity index (χ0) is 14.2. The van der Waals surface area contributed by atoms with Crippen molar-refractivity contribution < 1.29 is 14.3 Å². The molecule has 0 radical (unpaired) electrons. The Bertz CT molecular complexity index is 241. The first-order valence-electron chi connectivity index (χ1n) is 6.79. The topological polar surface area (TPSA) is 47.6 Å². The van der Waals surface area contributed by atoms with E-state index in [9.17, 15) is 4.79 Å². The molecule has 0 aromatic heterocycles. The molecule has 0 saturated heterocycles. The van der Waals surface area contributed by atoms with Crippen LogP contribution in [0, 0.1) is 0 Å². The maximum Gasteiger partial charge on any atom is 0.325 e. The van der Waals surface area contributed by atoms with Gasteiger partial charge in [-0.2, -0.15) is 0 Å². The molecule has 108 valence electrons. The Kier molecular flexibility index (Phi) is 8.20. The van der Waals surface area contributed by atoms with Gasteiger partial charge in [-0.15, -0.1) is 0 Å². The minimum Gasteiger partial charge on any atom is -0.468 e. The highest BCUT2D eigenvalue weighted by Gasteiger charge is 2.33. The van der Waals surface area contributed by atoms with Crippen molar-refractivity contribution in [1.82, 2.24) is 5.32 Å². The quantitative estimate of drug-likeness (QED) is 0.510. The van der Waals surface area contributed by atoms with Crippen molar-refractivity contribution in [2.75, 3.05) is 13.7 Å². The number of nitrogens with one attached hydrogen (secondary N) is 1. The number of carbonyl (C=O) groups is 1. The monoisotopic (exact) mass is 259 g/mol. The summed E-state index contributed by atoms with van der Waals surface area (Å²) in [5.41, 5.74) is -0.596. The maximum atomic E-state index is 11.8. The van der Waals surface area contributed by atoms with E-state index in [0.29, 0.717) is 0 Å². The molecular formula is C14H29NO3. The minimum absolute atomic E-state index is 0.194. The fourth-order valence-corrected chi connectivity index (χ4v) is 2.00. The number of carbonyl (C=O) groups excluding carboxylic acids is 1. The molecule has 0 saturated carbocycles. The second kappa shape index (κ2) is 8.48. The molecule has 0 aromatic carbocycles. The van der Waals surface area contributed by atoms with Crippen molar-refractivity contribution in [3.63, 3.8) is 0 Å². The van der Waals surface area contributed by atoms with Gasteiger partial charge in [-0.1, -0.05) is 0 Å². The number of ether oxygens (including phenoxy) is 2. The van der Waals surface area contributed by atoms with Crippen LogP contribution in [0.3, 0.4) is 0 Å². The number of unbranched alkanes of at least 4 members (excludes halogenated alkanes) is 1. The zero-order valence-electron chi connectivity index (χ0n) is 12.7. The first-order valence-corrected chi connectivity index (χ1v) is 6.79. The highest BCUT2D eigenvalue weighted by molar-refractivity contribution is 5.80. The molecule has 0 fully saturated rings. The van der Waals surface area contributed by atoms with Gasteiger partial charge < -0.3 is 9.47 Å². The lowest BCUT2D eigenvalue weighted by atomic mass is 9.94. The Morgan fingerprint density at radius 1 is 1.22 bits per heavy atom. The van der Waals surface area contributed by atoms with Gasteiger partial charge in [0.15, 0.2) is 0 Å². The predicted octanol–water partition coefficient (Wildman–Crippen LogP) is 2.51. The number of methoxy groups -OCH3 is 1. The summed E-state index contributed by atoms with van der Waals surface area (Å²) in [5, 5.41) is 3.29. The highest BCUT2D eigenvalue weighted by Crippen LogP contribution is 2.17. The van der Waals surface area contributed by atoms with Crippen LogP contribution in [0.4, 0.5) is 0 Å². The second-order valence-electron chi connectivity index (χ2n) is 5.50. The maximum absolute atomic E-state index is 11.8. The third-order valence-electron chi connectivity index (χ3n) is 2.77. The van der Waals surface area contributed by atoms with Crippen molar-refractivity contribution in [3.8, 4) is 0 Å². The SMILES string of the molecule is COC(=O)C(C)(CCCCOC(C)C)NC(C)C. The first-order chi connectivity index (χ1) is 8.31. The Balaban J connectivity index is 4.13. The van der Waals surface area contributed by atoms with Gasteiger partial charge in [0.1, 0.15) is 5.54 Å². The summed E-state index contributed by atoms with van der Waals surface area (Å²) >= 11 is 0. The van der Waals surface area contributed by atoms with Crippen molar-refractivity contribution in [2.24, 2.45) is 0 Å². The van der Waals surface area contributed by atoms with Gasteiger partial charge >= 0.3 is 5.97 Å². The van der Waals surface area contributed by atoms with Gasteiger partial charge in [-0.3, -0.25) is 10.1 Å². The van der Waals surface area contributed by atoms with Crippen LogP contribution in [0.15, 0.2) is 0 Å². The summed E-state index contributed by atoms with van der Waals surface area (Å²) in [7, 11) is 1.43. The average molecular weight is 259 g/mol. The zero-order valence-corrected chi connectivity index (χ0v) is 12.7. The van der Waals surface area contributed by atoms with Gasteiger partial charge in [0, 0.05) is 12.6 Å². The van der Waals surface area contributed by atoms with E-state index < -0.39 is 5.54 Å². The summed E-state index contributed by atoms with van der Waals surface area (Å²) in [5.74, 6) is -0.194. The molecule has 4 nitrogen and oxygen atoms in total. The lowest BCUT2D eigenvalue weighted by molar-refractivity contribution is -0.148. The van der Waals surface area contributed by atoms with E-state index in [1.54, 1.807) is 0 Å². The number of rotatable bonds is 9. The van der Waals surface area contributed by atoms with Crippen LogP contribution in [0.5, 0.6) is 0 Å². The van der Waals surface area contributed by atoms with E-state index in [1.807, 2.05) is 34.6 Å². The molecular weight excluding hydrogens is 230 g/mol. The molecule has 0 aromatic rings. The largest absolute Gasteiger partial charge is 0.468 e. The molecule has 18 heavy (non-hydrogen) atoms. The fraction of sp³-hybridized carbons (Fsp3) is 0.929. The van der Waals surface area contributed by atoms with E-state index >= 15 is 0 Å². The minimum atomic E-state index is -0.596. The average Bonchev–Trinajstić information content (AvgIpc) is 2.26. The van der Waals surface area contributed by atoms with Gasteiger partial charge in [0.05, 0.1) is 13.2 Å². The van der Waals surface area contributed by atoms with E-state index in [4.69, 9.17) is 9.47 Å². The Morgan fingerprint density at radius 3 is 2.28 bits per heavy atom.